The summed E-state index contributed by atoms with van der Waals surface area (Å²) < 4.78 is 1.85. The van der Waals surface area contributed by atoms with Gasteiger partial charge in [-0.1, -0.05) is 12.1 Å². The van der Waals surface area contributed by atoms with Gasteiger partial charge >= 0.3 is 0 Å². The second-order valence-corrected chi connectivity index (χ2v) is 5.85. The van der Waals surface area contributed by atoms with E-state index in [9.17, 15) is 0 Å². The molecule has 3 nitrogen and oxygen atoms in total. The molecule has 2 rings (SSSR count). The Kier molecular flexibility index (Phi) is 4.29. The first kappa shape index (κ1) is 14.8. The maximum absolute atomic E-state index is 4.24. The monoisotopic (exact) mass is 271 g/mol. The normalized spacial score (nSPS) is 14.3. The van der Waals surface area contributed by atoms with Gasteiger partial charge in [-0.25, -0.2) is 0 Å². The van der Waals surface area contributed by atoms with Gasteiger partial charge in [0.15, 0.2) is 0 Å². The Morgan fingerprint density at radius 3 is 2.25 bits per heavy atom. The molecule has 0 bridgehead atoms. The lowest BCUT2D eigenvalue weighted by Crippen LogP contribution is -2.23. The summed E-state index contributed by atoms with van der Waals surface area (Å²) in [5, 5.41) is 7.90. The molecule has 0 saturated heterocycles. The third-order valence-electron chi connectivity index (χ3n) is 4.07. The van der Waals surface area contributed by atoms with Crippen molar-refractivity contribution in [2.75, 3.05) is 0 Å². The molecular weight excluding hydrogens is 246 g/mol. The molecule has 0 aliphatic rings. The Morgan fingerprint density at radius 1 is 1.00 bits per heavy atom. The second-order valence-electron chi connectivity index (χ2n) is 5.85. The fourth-order valence-electron chi connectivity index (χ4n) is 2.67. The number of aromatic nitrogens is 2. The van der Waals surface area contributed by atoms with E-state index in [0.29, 0.717) is 12.1 Å². The first-order valence-corrected chi connectivity index (χ1v) is 7.21. The lowest BCUT2D eigenvalue weighted by atomic mass is 9.96. The minimum atomic E-state index is 0.291. The van der Waals surface area contributed by atoms with E-state index >= 15 is 0 Å². The van der Waals surface area contributed by atoms with Gasteiger partial charge in [-0.2, -0.15) is 5.10 Å². The van der Waals surface area contributed by atoms with E-state index < -0.39 is 0 Å². The highest BCUT2D eigenvalue weighted by Crippen LogP contribution is 2.24. The van der Waals surface area contributed by atoms with Crippen LogP contribution in [-0.4, -0.2) is 9.78 Å². The molecule has 2 atom stereocenters. The van der Waals surface area contributed by atoms with E-state index in [1.54, 1.807) is 0 Å². The average Bonchev–Trinajstić information content (AvgIpc) is 2.80. The molecule has 1 heterocycles. The van der Waals surface area contributed by atoms with Gasteiger partial charge in [0.1, 0.15) is 0 Å². The maximum Gasteiger partial charge on any atom is 0.0537 e. The molecular formula is C17H25N3. The number of aryl methyl sites for hydroxylation is 4. The van der Waals surface area contributed by atoms with Crippen LogP contribution in [0.25, 0.3) is 0 Å². The summed E-state index contributed by atoms with van der Waals surface area (Å²) >= 11 is 0. The summed E-state index contributed by atoms with van der Waals surface area (Å²) in [6, 6.07) is 5.19. The molecule has 108 valence electrons. The first-order chi connectivity index (χ1) is 9.38. The molecule has 0 spiro atoms. The predicted octanol–water partition coefficient (Wildman–Crippen LogP) is 3.76. The Bertz CT molecular complexity index is 598. The van der Waals surface area contributed by atoms with Crippen molar-refractivity contribution < 1.29 is 0 Å². The third-order valence-corrected chi connectivity index (χ3v) is 4.07. The summed E-state index contributed by atoms with van der Waals surface area (Å²) in [5.74, 6) is 0. The highest BCUT2D eigenvalue weighted by atomic mass is 15.2. The topological polar surface area (TPSA) is 29.9 Å². The molecule has 1 aromatic carbocycles. The maximum atomic E-state index is 4.24. The Labute approximate surface area is 122 Å². The molecule has 1 N–H and O–H groups in total. The van der Waals surface area contributed by atoms with E-state index in [2.05, 4.69) is 63.4 Å². The van der Waals surface area contributed by atoms with Gasteiger partial charge in [0.25, 0.3) is 0 Å². The molecule has 0 aliphatic carbocycles. The van der Waals surface area contributed by atoms with Crippen molar-refractivity contribution in [2.24, 2.45) is 7.05 Å². The van der Waals surface area contributed by atoms with E-state index in [-0.39, 0.29) is 0 Å². The minimum Gasteiger partial charge on any atom is -0.304 e. The van der Waals surface area contributed by atoms with Crippen LogP contribution < -0.4 is 5.32 Å². The highest BCUT2D eigenvalue weighted by Gasteiger charge is 2.14. The molecule has 0 saturated carbocycles. The molecule has 3 heteroatoms. The number of hydrogen-bond acceptors (Lipinski definition) is 2. The largest absolute Gasteiger partial charge is 0.304 e. The lowest BCUT2D eigenvalue weighted by molar-refractivity contribution is 0.492. The van der Waals surface area contributed by atoms with Gasteiger partial charge in [-0.3, -0.25) is 4.68 Å². The fraction of sp³-hybridized carbons (Fsp3) is 0.471. The van der Waals surface area contributed by atoms with Gasteiger partial charge in [-0.15, -0.1) is 0 Å². The molecule has 0 fully saturated rings. The zero-order chi connectivity index (χ0) is 14.9. The quantitative estimate of drug-likeness (QED) is 0.917. The van der Waals surface area contributed by atoms with Crippen LogP contribution in [0.3, 0.4) is 0 Å². The zero-order valence-corrected chi connectivity index (χ0v) is 13.4. The summed E-state index contributed by atoms with van der Waals surface area (Å²) in [7, 11) is 1.95. The Morgan fingerprint density at radius 2 is 1.65 bits per heavy atom. The predicted molar refractivity (Wildman–Crippen MR) is 83.8 cm³/mol. The molecule has 20 heavy (non-hydrogen) atoms. The van der Waals surface area contributed by atoms with Crippen molar-refractivity contribution in [2.45, 2.75) is 46.7 Å². The van der Waals surface area contributed by atoms with Gasteiger partial charge in [0.05, 0.1) is 6.20 Å². The van der Waals surface area contributed by atoms with Crippen LogP contribution in [0.1, 0.15) is 53.7 Å². The van der Waals surface area contributed by atoms with Crippen LogP contribution in [0.4, 0.5) is 0 Å². The number of nitrogens with one attached hydrogen (secondary N) is 1. The average molecular weight is 271 g/mol. The van der Waals surface area contributed by atoms with E-state index in [1.165, 1.54) is 27.8 Å². The van der Waals surface area contributed by atoms with Crippen molar-refractivity contribution in [3.05, 3.63) is 52.3 Å². The minimum absolute atomic E-state index is 0.291. The van der Waals surface area contributed by atoms with Crippen LogP contribution in [0.15, 0.2) is 24.5 Å². The van der Waals surface area contributed by atoms with Gasteiger partial charge in [0.2, 0.25) is 0 Å². The first-order valence-electron chi connectivity index (χ1n) is 7.21. The summed E-state index contributed by atoms with van der Waals surface area (Å²) in [6.45, 7) is 10.9. The number of rotatable bonds is 4. The van der Waals surface area contributed by atoms with E-state index in [1.807, 2.05) is 17.9 Å². The van der Waals surface area contributed by atoms with E-state index in [0.717, 1.165) is 0 Å². The summed E-state index contributed by atoms with van der Waals surface area (Å²) in [4.78, 5) is 0. The molecule has 0 amide bonds. The molecule has 2 aromatic rings. The molecule has 0 unspecified atom stereocenters. The van der Waals surface area contributed by atoms with Crippen LogP contribution >= 0.6 is 0 Å². The SMILES string of the molecule is Cc1cc(C)c([C@H](C)N[C@H](C)c2cnn(C)c2)cc1C. The molecule has 0 radical (unpaired) electrons. The zero-order valence-electron chi connectivity index (χ0n) is 13.4. The van der Waals surface area contributed by atoms with Crippen LogP contribution in [-0.2, 0) is 7.05 Å². The van der Waals surface area contributed by atoms with E-state index in [4.69, 9.17) is 0 Å². The third kappa shape index (κ3) is 3.10. The highest BCUT2D eigenvalue weighted by molar-refractivity contribution is 5.38. The van der Waals surface area contributed by atoms with Gasteiger partial charge in [-0.05, 0) is 56.9 Å². The van der Waals surface area contributed by atoms with Crippen molar-refractivity contribution in [3.8, 4) is 0 Å². The number of hydrogen-bond donors (Lipinski definition) is 1. The Balaban J connectivity index is 2.16. The van der Waals surface area contributed by atoms with Crippen LogP contribution in [0.5, 0.6) is 0 Å². The smallest absolute Gasteiger partial charge is 0.0537 e. The number of benzene rings is 1. The fourth-order valence-corrected chi connectivity index (χ4v) is 2.67. The van der Waals surface area contributed by atoms with Crippen molar-refractivity contribution in [3.63, 3.8) is 0 Å². The van der Waals surface area contributed by atoms with Crippen molar-refractivity contribution >= 4 is 0 Å². The Hall–Kier alpha value is -1.61. The summed E-state index contributed by atoms with van der Waals surface area (Å²) in [6.07, 6.45) is 4.00. The van der Waals surface area contributed by atoms with Crippen LogP contribution in [0, 0.1) is 20.8 Å². The second kappa shape index (κ2) is 5.80. The van der Waals surface area contributed by atoms with Crippen molar-refractivity contribution in [1.29, 1.82) is 0 Å². The number of nitrogens with zero attached hydrogens (tertiary/aromatic N) is 2. The van der Waals surface area contributed by atoms with Gasteiger partial charge < -0.3 is 5.32 Å². The van der Waals surface area contributed by atoms with Crippen molar-refractivity contribution in [1.82, 2.24) is 15.1 Å². The lowest BCUT2D eigenvalue weighted by Gasteiger charge is -2.22. The van der Waals surface area contributed by atoms with Crippen LogP contribution in [0.2, 0.25) is 0 Å². The summed E-state index contributed by atoms with van der Waals surface area (Å²) in [5.41, 5.74) is 6.67. The van der Waals surface area contributed by atoms with Gasteiger partial charge in [0, 0.05) is 30.9 Å². The molecule has 1 aromatic heterocycles. The standard InChI is InChI=1S/C17H25N3/c1-11-7-13(3)17(8-12(11)2)15(5)19-14(4)16-9-18-20(6)10-16/h7-10,14-15,19H,1-6H3/t14-,15+/m1/s1. The molecule has 0 aliphatic heterocycles.